The zero-order valence-electron chi connectivity index (χ0n) is 14.8. The van der Waals surface area contributed by atoms with Crippen LogP contribution in [0.1, 0.15) is 19.4 Å². The van der Waals surface area contributed by atoms with E-state index in [9.17, 15) is 10.1 Å². The SMILES string of the molecule is CCn1c(N/N=C(\C)c2ccc(OC)c([N+](=O)[O-])c2)nc2ccccc21. The number of nitro benzene ring substituents is 1. The van der Waals surface area contributed by atoms with E-state index in [1.54, 1.807) is 19.1 Å². The van der Waals surface area contributed by atoms with Crippen LogP contribution in [0.4, 0.5) is 11.6 Å². The second-order valence-electron chi connectivity index (χ2n) is 5.62. The second kappa shape index (κ2) is 7.22. The van der Waals surface area contributed by atoms with Gasteiger partial charge in [-0.1, -0.05) is 12.1 Å². The van der Waals surface area contributed by atoms with Crippen LogP contribution >= 0.6 is 0 Å². The summed E-state index contributed by atoms with van der Waals surface area (Å²) in [5.74, 6) is 0.836. The molecular weight excluding hydrogens is 334 g/mol. The molecule has 134 valence electrons. The Labute approximate surface area is 150 Å². The van der Waals surface area contributed by atoms with Crippen molar-refractivity contribution in [2.24, 2.45) is 5.10 Å². The molecule has 0 bridgehead atoms. The van der Waals surface area contributed by atoms with Crippen LogP contribution in [-0.2, 0) is 6.54 Å². The molecule has 0 aliphatic carbocycles. The number of methoxy groups -OCH3 is 1. The molecule has 0 radical (unpaired) electrons. The van der Waals surface area contributed by atoms with E-state index in [1.807, 2.05) is 35.8 Å². The largest absolute Gasteiger partial charge is 0.490 e. The fourth-order valence-corrected chi connectivity index (χ4v) is 2.74. The molecule has 1 N–H and O–H groups in total. The van der Waals surface area contributed by atoms with Gasteiger partial charge in [0, 0.05) is 18.2 Å². The molecule has 8 nitrogen and oxygen atoms in total. The van der Waals surface area contributed by atoms with Crippen molar-refractivity contribution >= 4 is 28.4 Å². The smallest absolute Gasteiger partial charge is 0.311 e. The van der Waals surface area contributed by atoms with Gasteiger partial charge in [-0.05, 0) is 38.1 Å². The number of nitro groups is 1. The number of anilines is 1. The maximum absolute atomic E-state index is 11.2. The Bertz CT molecular complexity index is 994. The first-order chi connectivity index (χ1) is 12.5. The van der Waals surface area contributed by atoms with Crippen molar-refractivity contribution in [3.63, 3.8) is 0 Å². The first-order valence-electron chi connectivity index (χ1n) is 8.13. The van der Waals surface area contributed by atoms with Gasteiger partial charge in [-0.2, -0.15) is 5.10 Å². The minimum Gasteiger partial charge on any atom is -0.490 e. The molecule has 1 aromatic heterocycles. The second-order valence-corrected chi connectivity index (χ2v) is 5.62. The monoisotopic (exact) mass is 353 g/mol. The van der Waals surface area contributed by atoms with Crippen LogP contribution < -0.4 is 10.2 Å². The number of imidazole rings is 1. The molecule has 0 amide bonds. The number of aromatic nitrogens is 2. The lowest BCUT2D eigenvalue weighted by molar-refractivity contribution is -0.385. The Hall–Kier alpha value is -3.42. The summed E-state index contributed by atoms with van der Waals surface area (Å²) in [6.45, 7) is 4.55. The van der Waals surface area contributed by atoms with Gasteiger partial charge in [0.05, 0.1) is 28.8 Å². The molecule has 0 spiro atoms. The highest BCUT2D eigenvalue weighted by molar-refractivity contribution is 5.99. The maximum Gasteiger partial charge on any atom is 0.311 e. The number of fused-ring (bicyclic) bond motifs is 1. The third-order valence-corrected chi connectivity index (χ3v) is 4.09. The van der Waals surface area contributed by atoms with Crippen LogP contribution in [0.15, 0.2) is 47.6 Å². The van der Waals surface area contributed by atoms with Gasteiger partial charge in [-0.15, -0.1) is 0 Å². The molecule has 1 heterocycles. The third kappa shape index (κ3) is 3.21. The number of hydrogen-bond donors (Lipinski definition) is 1. The van der Waals surface area contributed by atoms with E-state index in [1.165, 1.54) is 13.2 Å². The number of hydrazone groups is 1. The van der Waals surface area contributed by atoms with E-state index >= 15 is 0 Å². The van der Waals surface area contributed by atoms with E-state index in [2.05, 4.69) is 15.5 Å². The van der Waals surface area contributed by atoms with Gasteiger partial charge >= 0.3 is 5.69 Å². The van der Waals surface area contributed by atoms with Crippen molar-refractivity contribution in [1.29, 1.82) is 0 Å². The molecule has 3 aromatic rings. The maximum atomic E-state index is 11.2. The molecule has 2 aromatic carbocycles. The topological polar surface area (TPSA) is 94.6 Å². The molecule has 0 aliphatic rings. The Morgan fingerprint density at radius 3 is 2.81 bits per heavy atom. The minimum atomic E-state index is -0.473. The van der Waals surface area contributed by atoms with E-state index in [0.717, 1.165) is 17.6 Å². The fourth-order valence-electron chi connectivity index (χ4n) is 2.74. The molecule has 8 heteroatoms. The summed E-state index contributed by atoms with van der Waals surface area (Å²) in [7, 11) is 1.40. The van der Waals surface area contributed by atoms with Crippen LogP contribution in [0, 0.1) is 10.1 Å². The van der Waals surface area contributed by atoms with E-state index < -0.39 is 4.92 Å². The number of nitrogens with zero attached hydrogens (tertiary/aromatic N) is 4. The summed E-state index contributed by atoms with van der Waals surface area (Å²) in [6, 6.07) is 12.6. The van der Waals surface area contributed by atoms with Gasteiger partial charge in [0.25, 0.3) is 0 Å². The number of aryl methyl sites for hydroxylation is 1. The highest BCUT2D eigenvalue weighted by Gasteiger charge is 2.16. The third-order valence-electron chi connectivity index (χ3n) is 4.09. The standard InChI is InChI=1S/C18H19N5O3/c1-4-22-15-8-6-5-7-14(15)19-18(22)21-20-12(2)13-9-10-17(26-3)16(11-13)23(24)25/h5-11H,4H2,1-3H3,(H,19,21)/b20-12+. The van der Waals surface area contributed by atoms with E-state index in [4.69, 9.17) is 4.74 Å². The lowest BCUT2D eigenvalue weighted by Crippen LogP contribution is -2.05. The average molecular weight is 353 g/mol. The number of hydrogen-bond acceptors (Lipinski definition) is 6. The van der Waals surface area contributed by atoms with Gasteiger partial charge in [0.2, 0.25) is 5.95 Å². The quantitative estimate of drug-likeness (QED) is 0.413. The number of benzene rings is 2. The number of para-hydroxylation sites is 2. The lowest BCUT2D eigenvalue weighted by atomic mass is 10.1. The minimum absolute atomic E-state index is 0.0969. The van der Waals surface area contributed by atoms with Gasteiger partial charge in [0.1, 0.15) is 0 Å². The Morgan fingerprint density at radius 1 is 1.35 bits per heavy atom. The molecule has 0 saturated carbocycles. The number of nitrogens with one attached hydrogen (secondary N) is 1. The highest BCUT2D eigenvalue weighted by Crippen LogP contribution is 2.28. The lowest BCUT2D eigenvalue weighted by Gasteiger charge is -2.07. The van der Waals surface area contributed by atoms with Gasteiger partial charge in [0.15, 0.2) is 5.75 Å². The van der Waals surface area contributed by atoms with Crippen molar-refractivity contribution in [3.05, 3.63) is 58.1 Å². The van der Waals surface area contributed by atoms with Crippen LogP contribution in [-0.4, -0.2) is 27.3 Å². The summed E-state index contributed by atoms with van der Waals surface area (Å²) >= 11 is 0. The molecule has 3 rings (SSSR count). The molecular formula is C18H19N5O3. The van der Waals surface area contributed by atoms with Crippen molar-refractivity contribution in [2.75, 3.05) is 12.5 Å². The van der Waals surface area contributed by atoms with Crippen LogP contribution in [0.3, 0.4) is 0 Å². The van der Waals surface area contributed by atoms with Crippen molar-refractivity contribution in [3.8, 4) is 5.75 Å². The molecule has 26 heavy (non-hydrogen) atoms. The van der Waals surface area contributed by atoms with Crippen molar-refractivity contribution in [1.82, 2.24) is 9.55 Å². The summed E-state index contributed by atoms with van der Waals surface area (Å²) < 4.78 is 7.04. The molecule has 0 saturated heterocycles. The molecule has 0 atom stereocenters. The summed E-state index contributed by atoms with van der Waals surface area (Å²) in [4.78, 5) is 15.2. The predicted octanol–water partition coefficient (Wildman–Crippen LogP) is 3.81. The first kappa shape index (κ1) is 17.4. The average Bonchev–Trinajstić information content (AvgIpc) is 3.02. The summed E-state index contributed by atoms with van der Waals surface area (Å²) in [6.07, 6.45) is 0. The van der Waals surface area contributed by atoms with Gasteiger partial charge < -0.3 is 9.30 Å². The molecule has 0 unspecified atom stereocenters. The Balaban J connectivity index is 1.92. The fraction of sp³-hybridized carbons (Fsp3) is 0.222. The normalized spacial score (nSPS) is 11.6. The van der Waals surface area contributed by atoms with Crippen molar-refractivity contribution in [2.45, 2.75) is 20.4 Å². The molecule has 0 fully saturated rings. The van der Waals surface area contributed by atoms with Crippen LogP contribution in [0.5, 0.6) is 5.75 Å². The summed E-state index contributed by atoms with van der Waals surface area (Å²) in [5.41, 5.74) is 6.00. The molecule has 0 aliphatic heterocycles. The van der Waals surface area contributed by atoms with Crippen LogP contribution in [0.2, 0.25) is 0 Å². The Kier molecular flexibility index (Phi) is 4.83. The zero-order chi connectivity index (χ0) is 18.7. The van der Waals surface area contributed by atoms with E-state index in [-0.39, 0.29) is 11.4 Å². The predicted molar refractivity (Wildman–Crippen MR) is 101 cm³/mol. The van der Waals surface area contributed by atoms with Crippen LogP contribution in [0.25, 0.3) is 11.0 Å². The summed E-state index contributed by atoms with van der Waals surface area (Å²) in [5, 5.41) is 15.5. The van der Waals surface area contributed by atoms with Gasteiger partial charge in [-0.3, -0.25) is 10.1 Å². The Morgan fingerprint density at radius 2 is 2.12 bits per heavy atom. The first-order valence-corrected chi connectivity index (χ1v) is 8.13. The number of rotatable bonds is 6. The highest BCUT2D eigenvalue weighted by atomic mass is 16.6. The number of ether oxygens (including phenoxy) is 1. The van der Waals surface area contributed by atoms with Crippen molar-refractivity contribution < 1.29 is 9.66 Å². The van der Waals surface area contributed by atoms with E-state index in [0.29, 0.717) is 17.2 Å². The van der Waals surface area contributed by atoms with Gasteiger partial charge in [-0.25, -0.2) is 10.4 Å². The zero-order valence-corrected chi connectivity index (χ0v) is 14.8.